The predicted molar refractivity (Wildman–Crippen MR) is 78.1 cm³/mol. The molecule has 0 aliphatic heterocycles. The van der Waals surface area contributed by atoms with Gasteiger partial charge in [-0.15, -0.1) is 0 Å². The van der Waals surface area contributed by atoms with Gasteiger partial charge in [0.2, 0.25) is 0 Å². The van der Waals surface area contributed by atoms with E-state index in [0.717, 1.165) is 15.9 Å². The van der Waals surface area contributed by atoms with Crippen molar-refractivity contribution in [3.05, 3.63) is 22.7 Å². The van der Waals surface area contributed by atoms with Gasteiger partial charge in [0.15, 0.2) is 9.84 Å². The molecule has 0 saturated heterocycles. The maximum atomic E-state index is 11.5. The summed E-state index contributed by atoms with van der Waals surface area (Å²) < 4.78 is 29.1. The van der Waals surface area contributed by atoms with E-state index >= 15 is 0 Å². The Labute approximate surface area is 117 Å². The molecule has 1 aromatic carbocycles. The van der Waals surface area contributed by atoms with Crippen LogP contribution in [0.3, 0.4) is 0 Å². The Bertz CT molecular complexity index is 502. The van der Waals surface area contributed by atoms with Crippen LogP contribution in [-0.2, 0) is 9.84 Å². The van der Waals surface area contributed by atoms with Crippen LogP contribution >= 0.6 is 15.9 Å². The van der Waals surface area contributed by atoms with Crippen molar-refractivity contribution in [3.8, 4) is 5.75 Å². The summed E-state index contributed by atoms with van der Waals surface area (Å²) in [6, 6.07) is 5.38. The monoisotopic (exact) mass is 335 g/mol. The first kappa shape index (κ1) is 15.3. The van der Waals surface area contributed by atoms with Crippen LogP contribution < -0.4 is 10.1 Å². The smallest absolute Gasteiger partial charge is 0.152 e. The molecule has 0 aliphatic rings. The molecule has 0 aromatic heterocycles. The summed E-state index contributed by atoms with van der Waals surface area (Å²) in [5.41, 5.74) is 0.827. The molecule has 1 rings (SSSR count). The van der Waals surface area contributed by atoms with Gasteiger partial charge in [0.1, 0.15) is 5.75 Å². The number of ether oxygens (including phenoxy) is 1. The number of halogens is 1. The van der Waals surface area contributed by atoms with Gasteiger partial charge in [-0.25, -0.2) is 8.42 Å². The Morgan fingerprint density at radius 2 is 2.11 bits per heavy atom. The summed E-state index contributed by atoms with van der Waals surface area (Å²) in [6.07, 6.45) is 0. The zero-order chi connectivity index (χ0) is 13.8. The topological polar surface area (TPSA) is 55.4 Å². The third-order valence-electron chi connectivity index (χ3n) is 2.52. The molecule has 0 fully saturated rings. The van der Waals surface area contributed by atoms with Gasteiger partial charge in [-0.1, -0.05) is 6.92 Å². The molecule has 1 atom stereocenters. The number of hydrogen-bond donors (Lipinski definition) is 1. The molecule has 102 valence electrons. The van der Waals surface area contributed by atoms with Crippen molar-refractivity contribution < 1.29 is 13.2 Å². The largest absolute Gasteiger partial charge is 0.497 e. The molecule has 0 amide bonds. The van der Waals surface area contributed by atoms with E-state index in [1.807, 2.05) is 25.1 Å². The van der Waals surface area contributed by atoms with E-state index in [0.29, 0.717) is 0 Å². The molecule has 1 aromatic rings. The fourth-order valence-electron chi connectivity index (χ4n) is 1.55. The lowest BCUT2D eigenvalue weighted by atomic mass is 10.2. The summed E-state index contributed by atoms with van der Waals surface area (Å²) >= 11 is 3.42. The van der Waals surface area contributed by atoms with Crippen LogP contribution in [0.25, 0.3) is 0 Å². The average Bonchev–Trinajstić information content (AvgIpc) is 2.31. The van der Waals surface area contributed by atoms with Crippen molar-refractivity contribution in [3.63, 3.8) is 0 Å². The Morgan fingerprint density at radius 3 is 2.67 bits per heavy atom. The van der Waals surface area contributed by atoms with E-state index in [-0.39, 0.29) is 17.5 Å². The van der Waals surface area contributed by atoms with Crippen LogP contribution in [0.4, 0.5) is 5.69 Å². The van der Waals surface area contributed by atoms with Crippen molar-refractivity contribution in [1.29, 1.82) is 0 Å². The summed E-state index contributed by atoms with van der Waals surface area (Å²) in [4.78, 5) is 0. The summed E-state index contributed by atoms with van der Waals surface area (Å²) in [5.74, 6) is 1.01. The SMILES string of the molecule is CCS(=O)(=O)CC(C)Nc1cc(OC)ccc1Br. The van der Waals surface area contributed by atoms with E-state index in [2.05, 4.69) is 21.2 Å². The summed E-state index contributed by atoms with van der Waals surface area (Å²) in [6.45, 7) is 3.50. The van der Waals surface area contributed by atoms with Gasteiger partial charge in [0.25, 0.3) is 0 Å². The van der Waals surface area contributed by atoms with Crippen LogP contribution in [0.1, 0.15) is 13.8 Å². The first-order valence-corrected chi connectivity index (χ1v) is 8.30. The van der Waals surface area contributed by atoms with Crippen LogP contribution in [0, 0.1) is 0 Å². The van der Waals surface area contributed by atoms with Gasteiger partial charge in [-0.05, 0) is 35.0 Å². The lowest BCUT2D eigenvalue weighted by Gasteiger charge is -2.16. The minimum absolute atomic E-state index is 0.118. The van der Waals surface area contributed by atoms with Gasteiger partial charge in [0, 0.05) is 22.3 Å². The summed E-state index contributed by atoms with van der Waals surface area (Å²) in [5, 5.41) is 3.17. The van der Waals surface area contributed by atoms with E-state index < -0.39 is 9.84 Å². The molecule has 18 heavy (non-hydrogen) atoms. The maximum absolute atomic E-state index is 11.5. The highest BCUT2D eigenvalue weighted by Gasteiger charge is 2.14. The fraction of sp³-hybridized carbons (Fsp3) is 0.500. The van der Waals surface area contributed by atoms with Crippen molar-refractivity contribution >= 4 is 31.5 Å². The lowest BCUT2D eigenvalue weighted by Crippen LogP contribution is -2.26. The molecular formula is C12H18BrNO3S. The van der Waals surface area contributed by atoms with E-state index in [1.165, 1.54) is 0 Å². The maximum Gasteiger partial charge on any atom is 0.152 e. The molecular weight excluding hydrogens is 318 g/mol. The Balaban J connectivity index is 2.78. The second-order valence-corrected chi connectivity index (χ2v) is 7.34. The molecule has 0 aliphatic carbocycles. The number of sulfone groups is 1. The third-order valence-corrected chi connectivity index (χ3v) is 5.10. The van der Waals surface area contributed by atoms with Crippen LogP contribution in [0.5, 0.6) is 5.75 Å². The molecule has 4 nitrogen and oxygen atoms in total. The lowest BCUT2D eigenvalue weighted by molar-refractivity contribution is 0.415. The van der Waals surface area contributed by atoms with Crippen molar-refractivity contribution in [2.24, 2.45) is 0 Å². The zero-order valence-corrected chi connectivity index (χ0v) is 13.1. The number of anilines is 1. The number of nitrogens with one attached hydrogen (secondary N) is 1. The van der Waals surface area contributed by atoms with Crippen molar-refractivity contribution in [1.82, 2.24) is 0 Å². The van der Waals surface area contributed by atoms with Gasteiger partial charge in [-0.2, -0.15) is 0 Å². The van der Waals surface area contributed by atoms with E-state index in [4.69, 9.17) is 4.74 Å². The first-order chi connectivity index (χ1) is 8.38. The number of rotatable bonds is 6. The Hall–Kier alpha value is -0.750. The van der Waals surface area contributed by atoms with Crippen LogP contribution in [0.2, 0.25) is 0 Å². The van der Waals surface area contributed by atoms with Crippen molar-refractivity contribution in [2.45, 2.75) is 19.9 Å². The minimum atomic E-state index is -2.98. The van der Waals surface area contributed by atoms with Gasteiger partial charge in [-0.3, -0.25) is 0 Å². The Kier molecular flexibility index (Phi) is 5.47. The Morgan fingerprint density at radius 1 is 1.44 bits per heavy atom. The molecule has 1 unspecified atom stereocenters. The van der Waals surface area contributed by atoms with Crippen molar-refractivity contribution in [2.75, 3.05) is 23.9 Å². The predicted octanol–water partition coefficient (Wildman–Crippen LogP) is 2.69. The second kappa shape index (κ2) is 6.43. The second-order valence-electron chi connectivity index (χ2n) is 4.09. The molecule has 0 saturated carbocycles. The van der Waals surface area contributed by atoms with E-state index in [9.17, 15) is 8.42 Å². The molecule has 6 heteroatoms. The van der Waals surface area contributed by atoms with Gasteiger partial charge >= 0.3 is 0 Å². The standard InChI is InChI=1S/C12H18BrNO3S/c1-4-18(15,16)8-9(2)14-12-7-10(17-3)5-6-11(12)13/h5-7,9,14H,4,8H2,1-3H3. The summed E-state index contributed by atoms with van der Waals surface area (Å²) in [7, 11) is -1.38. The highest BCUT2D eigenvalue weighted by molar-refractivity contribution is 9.10. The molecule has 0 bridgehead atoms. The molecule has 0 radical (unpaired) electrons. The minimum Gasteiger partial charge on any atom is -0.497 e. The van der Waals surface area contributed by atoms with E-state index in [1.54, 1.807) is 14.0 Å². The fourth-order valence-corrected chi connectivity index (χ4v) is 2.99. The number of benzene rings is 1. The molecule has 0 spiro atoms. The third kappa shape index (κ3) is 4.49. The highest BCUT2D eigenvalue weighted by atomic mass is 79.9. The molecule has 0 heterocycles. The van der Waals surface area contributed by atoms with Gasteiger partial charge in [0.05, 0.1) is 18.6 Å². The zero-order valence-electron chi connectivity index (χ0n) is 10.7. The molecule has 1 N–H and O–H groups in total. The van der Waals surface area contributed by atoms with Crippen LogP contribution in [-0.4, -0.2) is 33.1 Å². The van der Waals surface area contributed by atoms with Crippen LogP contribution in [0.15, 0.2) is 22.7 Å². The quantitative estimate of drug-likeness (QED) is 0.868. The van der Waals surface area contributed by atoms with Gasteiger partial charge < -0.3 is 10.1 Å². The number of hydrogen-bond acceptors (Lipinski definition) is 4. The number of methoxy groups -OCH3 is 1. The highest BCUT2D eigenvalue weighted by Crippen LogP contribution is 2.27. The first-order valence-electron chi connectivity index (χ1n) is 5.68. The normalized spacial score (nSPS) is 13.1. The average molecular weight is 336 g/mol.